The van der Waals surface area contributed by atoms with Crippen LogP contribution in [0.5, 0.6) is 0 Å². The minimum absolute atomic E-state index is 0.579. The highest BCUT2D eigenvalue weighted by atomic mass is 32.2. The van der Waals surface area contributed by atoms with Gasteiger partial charge >= 0.3 is 0 Å². The molecule has 1 atom stereocenters. The summed E-state index contributed by atoms with van der Waals surface area (Å²) in [4.78, 5) is 4.60. The summed E-state index contributed by atoms with van der Waals surface area (Å²) in [5, 5.41) is 5.46. The van der Waals surface area contributed by atoms with Crippen molar-refractivity contribution in [2.45, 2.75) is 69.2 Å². The Morgan fingerprint density at radius 2 is 2.00 bits per heavy atom. The van der Waals surface area contributed by atoms with Crippen molar-refractivity contribution in [2.24, 2.45) is 0 Å². The van der Waals surface area contributed by atoms with Crippen LogP contribution in [-0.4, -0.2) is 22.8 Å². The third-order valence-corrected chi connectivity index (χ3v) is 4.72. The van der Waals surface area contributed by atoms with Crippen molar-refractivity contribution in [3.8, 4) is 0 Å². The normalized spacial score (nSPS) is 18.5. The van der Waals surface area contributed by atoms with Crippen LogP contribution in [-0.2, 0) is 0 Å². The number of nitrogens with zero attached hydrogens (tertiary/aromatic N) is 1. The molecule has 1 aliphatic carbocycles. The molecule has 0 spiro atoms. The first-order valence-electron chi connectivity index (χ1n) is 7.49. The van der Waals surface area contributed by atoms with Gasteiger partial charge in [-0.2, -0.15) is 0 Å². The third kappa shape index (κ3) is 5.15. The van der Waals surface area contributed by atoms with E-state index in [1.54, 1.807) is 0 Å². The van der Waals surface area contributed by atoms with E-state index in [0.29, 0.717) is 5.25 Å². The lowest BCUT2D eigenvalue weighted by molar-refractivity contribution is 0.375. The maximum Gasteiger partial charge on any atom is 0.0968 e. The molecule has 0 saturated heterocycles. The Kier molecular flexibility index (Phi) is 5.71. The molecule has 1 N–H and O–H groups in total. The molecule has 1 saturated carbocycles. The molecule has 0 aliphatic heterocycles. The largest absolute Gasteiger partial charge is 0.313 e. The standard InChI is InChI=1S/C16H26N2S/c1-12-9-13(2)18-16(10-12)19-14(3)11-17-15-7-5-4-6-8-15/h9-10,14-15,17H,4-8,11H2,1-3H3. The van der Waals surface area contributed by atoms with Gasteiger partial charge in [-0.25, -0.2) is 4.98 Å². The smallest absolute Gasteiger partial charge is 0.0968 e. The number of hydrogen-bond donors (Lipinski definition) is 1. The van der Waals surface area contributed by atoms with Crippen LogP contribution < -0.4 is 5.32 Å². The van der Waals surface area contributed by atoms with E-state index in [1.165, 1.54) is 37.7 Å². The highest BCUT2D eigenvalue weighted by Gasteiger charge is 2.14. The summed E-state index contributed by atoms with van der Waals surface area (Å²) < 4.78 is 0. The summed E-state index contributed by atoms with van der Waals surface area (Å²) >= 11 is 1.89. The monoisotopic (exact) mass is 278 g/mol. The van der Waals surface area contributed by atoms with E-state index in [9.17, 15) is 0 Å². The third-order valence-electron chi connectivity index (χ3n) is 3.70. The fourth-order valence-corrected chi connectivity index (χ4v) is 3.79. The van der Waals surface area contributed by atoms with Crippen LogP contribution in [0.25, 0.3) is 0 Å². The van der Waals surface area contributed by atoms with Crippen LogP contribution in [0.15, 0.2) is 17.2 Å². The van der Waals surface area contributed by atoms with E-state index in [4.69, 9.17) is 0 Å². The lowest BCUT2D eigenvalue weighted by Gasteiger charge is -2.24. The zero-order valence-electron chi connectivity index (χ0n) is 12.4. The van der Waals surface area contributed by atoms with Gasteiger partial charge in [0.25, 0.3) is 0 Å². The van der Waals surface area contributed by atoms with Gasteiger partial charge in [0, 0.05) is 23.5 Å². The number of aromatic nitrogens is 1. The van der Waals surface area contributed by atoms with Crippen LogP contribution in [0.3, 0.4) is 0 Å². The van der Waals surface area contributed by atoms with Gasteiger partial charge in [0.1, 0.15) is 0 Å². The quantitative estimate of drug-likeness (QED) is 0.821. The molecule has 1 fully saturated rings. The first-order valence-corrected chi connectivity index (χ1v) is 8.37. The summed E-state index contributed by atoms with van der Waals surface area (Å²) in [5.41, 5.74) is 2.43. The van der Waals surface area contributed by atoms with E-state index in [0.717, 1.165) is 23.3 Å². The Hall–Kier alpha value is -0.540. The molecule has 0 amide bonds. The summed E-state index contributed by atoms with van der Waals surface area (Å²) in [6.45, 7) is 7.59. The Balaban J connectivity index is 1.78. The van der Waals surface area contributed by atoms with Gasteiger partial charge in [0.15, 0.2) is 0 Å². The van der Waals surface area contributed by atoms with Crippen LogP contribution in [0, 0.1) is 13.8 Å². The van der Waals surface area contributed by atoms with E-state index in [1.807, 2.05) is 11.8 Å². The van der Waals surface area contributed by atoms with Crippen LogP contribution in [0.4, 0.5) is 0 Å². The first-order chi connectivity index (χ1) is 9.13. The van der Waals surface area contributed by atoms with Crippen molar-refractivity contribution in [1.82, 2.24) is 10.3 Å². The molecule has 1 unspecified atom stereocenters. The Bertz CT molecular complexity index is 379. The second kappa shape index (κ2) is 7.30. The average molecular weight is 278 g/mol. The van der Waals surface area contributed by atoms with E-state index < -0.39 is 0 Å². The highest BCUT2D eigenvalue weighted by molar-refractivity contribution is 7.99. The molecule has 0 bridgehead atoms. The van der Waals surface area contributed by atoms with Gasteiger partial charge in [0.2, 0.25) is 0 Å². The van der Waals surface area contributed by atoms with Crippen LogP contribution in [0.2, 0.25) is 0 Å². The predicted octanol–water partition coefficient (Wildman–Crippen LogP) is 4.10. The fourth-order valence-electron chi connectivity index (χ4n) is 2.75. The summed E-state index contributed by atoms with van der Waals surface area (Å²) in [6.07, 6.45) is 6.95. The minimum atomic E-state index is 0.579. The summed E-state index contributed by atoms with van der Waals surface area (Å²) in [6, 6.07) is 5.08. The maximum atomic E-state index is 4.60. The van der Waals surface area contributed by atoms with Gasteiger partial charge in [0.05, 0.1) is 5.03 Å². The molecular formula is C16H26N2S. The predicted molar refractivity (Wildman–Crippen MR) is 83.9 cm³/mol. The molecule has 0 radical (unpaired) electrons. The number of aryl methyl sites for hydroxylation is 2. The molecule has 1 heterocycles. The van der Waals surface area contributed by atoms with Crippen molar-refractivity contribution in [3.63, 3.8) is 0 Å². The molecular weight excluding hydrogens is 252 g/mol. The molecule has 0 aromatic carbocycles. The second-order valence-corrected chi connectivity index (χ2v) is 7.25. The number of pyridine rings is 1. The molecule has 106 valence electrons. The van der Waals surface area contributed by atoms with E-state index in [-0.39, 0.29) is 0 Å². The molecule has 2 rings (SSSR count). The summed E-state index contributed by atoms with van der Waals surface area (Å²) in [5.74, 6) is 0. The van der Waals surface area contributed by atoms with Gasteiger partial charge in [-0.05, 0) is 44.4 Å². The average Bonchev–Trinajstić information content (AvgIpc) is 2.36. The number of hydrogen-bond acceptors (Lipinski definition) is 3. The number of rotatable bonds is 5. The Morgan fingerprint density at radius 1 is 1.26 bits per heavy atom. The van der Waals surface area contributed by atoms with E-state index in [2.05, 4.69) is 43.2 Å². The zero-order valence-corrected chi connectivity index (χ0v) is 13.2. The van der Waals surface area contributed by atoms with E-state index >= 15 is 0 Å². The lowest BCUT2D eigenvalue weighted by atomic mass is 9.95. The fraction of sp³-hybridized carbons (Fsp3) is 0.688. The SMILES string of the molecule is Cc1cc(C)nc(SC(C)CNC2CCCCC2)c1. The molecule has 19 heavy (non-hydrogen) atoms. The summed E-state index contributed by atoms with van der Waals surface area (Å²) in [7, 11) is 0. The minimum Gasteiger partial charge on any atom is -0.313 e. The number of nitrogens with one attached hydrogen (secondary N) is 1. The van der Waals surface area contributed by atoms with Crippen LogP contribution >= 0.6 is 11.8 Å². The first kappa shape index (κ1) is 14.9. The zero-order chi connectivity index (χ0) is 13.7. The van der Waals surface area contributed by atoms with Crippen molar-refractivity contribution in [1.29, 1.82) is 0 Å². The molecule has 3 heteroatoms. The van der Waals surface area contributed by atoms with Gasteiger partial charge in [-0.3, -0.25) is 0 Å². The van der Waals surface area contributed by atoms with Crippen molar-refractivity contribution < 1.29 is 0 Å². The maximum absolute atomic E-state index is 4.60. The molecule has 1 aliphatic rings. The molecule has 1 aromatic heterocycles. The molecule has 2 nitrogen and oxygen atoms in total. The lowest BCUT2D eigenvalue weighted by Crippen LogP contribution is -2.35. The van der Waals surface area contributed by atoms with Crippen molar-refractivity contribution in [3.05, 3.63) is 23.4 Å². The van der Waals surface area contributed by atoms with Crippen LogP contribution in [0.1, 0.15) is 50.3 Å². The van der Waals surface area contributed by atoms with Gasteiger partial charge < -0.3 is 5.32 Å². The van der Waals surface area contributed by atoms with Gasteiger partial charge in [-0.15, -0.1) is 11.8 Å². The van der Waals surface area contributed by atoms with Crippen molar-refractivity contribution >= 4 is 11.8 Å². The Morgan fingerprint density at radius 3 is 2.68 bits per heavy atom. The topological polar surface area (TPSA) is 24.9 Å². The second-order valence-electron chi connectivity index (χ2n) is 5.80. The molecule has 1 aromatic rings. The van der Waals surface area contributed by atoms with Gasteiger partial charge in [-0.1, -0.05) is 26.2 Å². The van der Waals surface area contributed by atoms with Crippen molar-refractivity contribution in [2.75, 3.05) is 6.54 Å². The highest BCUT2D eigenvalue weighted by Crippen LogP contribution is 2.23. The Labute approximate surface area is 121 Å². The number of thioether (sulfide) groups is 1.